The fourth-order valence-corrected chi connectivity index (χ4v) is 6.51. The van der Waals surface area contributed by atoms with Crippen molar-refractivity contribution in [3.05, 3.63) is 101 Å². The van der Waals surface area contributed by atoms with Gasteiger partial charge in [-0.3, -0.25) is 0 Å². The maximum absolute atomic E-state index is 13.6. The lowest BCUT2D eigenvalue weighted by Gasteiger charge is -2.46. The zero-order chi connectivity index (χ0) is 27.7. The summed E-state index contributed by atoms with van der Waals surface area (Å²) in [5.41, 5.74) is 2.93. The fraction of sp³-hybridized carbons (Fsp3) is 0.438. The van der Waals surface area contributed by atoms with Gasteiger partial charge in [-0.15, -0.1) is 0 Å². The molecule has 3 aromatic rings. The van der Waals surface area contributed by atoms with Crippen molar-refractivity contribution >= 4 is 5.69 Å². The third-order valence-corrected chi connectivity index (χ3v) is 8.67. The average Bonchev–Trinajstić information content (AvgIpc) is 3.43. The van der Waals surface area contributed by atoms with Gasteiger partial charge in [0.1, 0.15) is 5.82 Å². The molecule has 2 saturated heterocycles. The minimum absolute atomic E-state index is 0.0196. The predicted octanol–water partition coefficient (Wildman–Crippen LogP) is 6.75. The van der Waals surface area contributed by atoms with Crippen molar-refractivity contribution < 1.29 is 22.3 Å². The summed E-state index contributed by atoms with van der Waals surface area (Å²) in [7, 11) is 0. The average molecular weight is 554 g/mol. The molecule has 3 heterocycles. The molecule has 3 aliphatic rings. The van der Waals surface area contributed by atoms with E-state index in [1.807, 2.05) is 30.3 Å². The van der Waals surface area contributed by atoms with E-state index in [0.29, 0.717) is 23.8 Å². The highest BCUT2D eigenvalue weighted by Crippen LogP contribution is 2.51. The topological polar surface area (TPSA) is 36.5 Å². The Labute approximate surface area is 232 Å². The molecule has 212 valence electrons. The molecular weight excluding hydrogens is 518 g/mol. The van der Waals surface area contributed by atoms with Crippen LogP contribution in [0.1, 0.15) is 53.7 Å². The summed E-state index contributed by atoms with van der Waals surface area (Å²) in [5.74, 6) is -0.169. The van der Waals surface area contributed by atoms with Gasteiger partial charge in [-0.25, -0.2) is 4.39 Å². The molecule has 3 aliphatic heterocycles. The first kappa shape index (κ1) is 27.2. The predicted molar refractivity (Wildman–Crippen MR) is 148 cm³/mol. The molecule has 0 bridgehead atoms. The lowest BCUT2D eigenvalue weighted by molar-refractivity contribution is -0.138. The second-order valence-electron chi connectivity index (χ2n) is 11.3. The number of hydrogen-bond donors (Lipinski definition) is 2. The van der Waals surface area contributed by atoms with E-state index >= 15 is 0 Å². The molecule has 4 nitrogen and oxygen atoms in total. The van der Waals surface area contributed by atoms with Gasteiger partial charge in [-0.1, -0.05) is 42.5 Å². The Hall–Kier alpha value is -2.94. The number of alkyl halides is 3. The van der Waals surface area contributed by atoms with Crippen LogP contribution in [-0.4, -0.2) is 43.2 Å². The number of fused-ring (bicyclic) bond motifs is 3. The van der Waals surface area contributed by atoms with E-state index in [1.54, 1.807) is 6.07 Å². The molecule has 0 aromatic heterocycles. The van der Waals surface area contributed by atoms with Crippen LogP contribution in [0.3, 0.4) is 0 Å². The van der Waals surface area contributed by atoms with Crippen molar-refractivity contribution in [3.63, 3.8) is 0 Å². The van der Waals surface area contributed by atoms with Gasteiger partial charge >= 0.3 is 6.18 Å². The Kier molecular flexibility index (Phi) is 7.84. The standard InChI is InChI=1S/C32H35F4N3O/c33-24-9-6-21(7-10-24)14-16-39-17-15-25(20-39)37-19-26-11-12-27-30(22-4-2-1-3-5-22)38-29-13-8-23(32(34,35)36)18-28(29)31(27)40-26/h1-10,13,18,25-27,30-31,37-38H,11-12,14-17,19-20H2/t25-,26+,27-,30-,31-/m0/s1. The van der Waals surface area contributed by atoms with Gasteiger partial charge in [0.05, 0.1) is 23.8 Å². The number of nitrogens with zero attached hydrogens (tertiary/aromatic N) is 1. The van der Waals surface area contributed by atoms with Gasteiger partial charge in [0.2, 0.25) is 0 Å². The van der Waals surface area contributed by atoms with E-state index < -0.39 is 17.8 Å². The Morgan fingerprint density at radius 1 is 0.950 bits per heavy atom. The summed E-state index contributed by atoms with van der Waals surface area (Å²) in [6.45, 7) is 3.56. The Balaban J connectivity index is 1.10. The third kappa shape index (κ3) is 6.04. The summed E-state index contributed by atoms with van der Waals surface area (Å²) in [4.78, 5) is 2.42. The smallest absolute Gasteiger partial charge is 0.378 e. The van der Waals surface area contributed by atoms with E-state index in [2.05, 4.69) is 27.7 Å². The fourth-order valence-electron chi connectivity index (χ4n) is 6.51. The molecular formula is C32H35F4N3O. The minimum atomic E-state index is -4.40. The lowest BCUT2D eigenvalue weighted by Crippen LogP contribution is -2.44. The van der Waals surface area contributed by atoms with Crippen molar-refractivity contribution in [3.8, 4) is 0 Å². The van der Waals surface area contributed by atoms with Crippen molar-refractivity contribution in [2.75, 3.05) is 31.5 Å². The normalized spacial score (nSPS) is 26.6. The van der Waals surface area contributed by atoms with E-state index in [1.165, 1.54) is 18.2 Å². The highest BCUT2D eigenvalue weighted by Gasteiger charge is 2.43. The summed E-state index contributed by atoms with van der Waals surface area (Å²) in [6, 6.07) is 21.1. The third-order valence-electron chi connectivity index (χ3n) is 8.67. The molecule has 40 heavy (non-hydrogen) atoms. The molecule has 3 aromatic carbocycles. The summed E-state index contributed by atoms with van der Waals surface area (Å²) in [6.07, 6.45) is -1.21. The quantitative estimate of drug-likeness (QED) is 0.317. The number of likely N-dealkylation sites (tertiary alicyclic amines) is 1. The van der Waals surface area contributed by atoms with E-state index in [-0.39, 0.29) is 23.9 Å². The Morgan fingerprint density at radius 2 is 1.75 bits per heavy atom. The highest BCUT2D eigenvalue weighted by atomic mass is 19.4. The van der Waals surface area contributed by atoms with Crippen LogP contribution in [0.4, 0.5) is 23.2 Å². The molecule has 8 heteroatoms. The van der Waals surface area contributed by atoms with Crippen LogP contribution in [0.2, 0.25) is 0 Å². The van der Waals surface area contributed by atoms with Gasteiger partial charge in [0, 0.05) is 42.8 Å². The molecule has 2 fully saturated rings. The highest BCUT2D eigenvalue weighted by molar-refractivity contribution is 5.58. The Bertz CT molecular complexity index is 1280. The molecule has 0 aliphatic carbocycles. The monoisotopic (exact) mass is 553 g/mol. The first-order valence-corrected chi connectivity index (χ1v) is 14.2. The summed E-state index contributed by atoms with van der Waals surface area (Å²) in [5, 5.41) is 7.20. The molecule has 5 atom stereocenters. The SMILES string of the molecule is Fc1ccc(CCN2CC[C@H](NC[C@H]3CC[C@@H]4[C@H](O3)c3cc(C(F)(F)F)ccc3N[C@H]4c3ccccc3)C2)cc1. The number of anilines is 1. The van der Waals surface area contributed by atoms with E-state index in [9.17, 15) is 17.6 Å². The van der Waals surface area contributed by atoms with Crippen LogP contribution >= 0.6 is 0 Å². The zero-order valence-corrected chi connectivity index (χ0v) is 22.3. The van der Waals surface area contributed by atoms with Gasteiger partial charge < -0.3 is 20.3 Å². The van der Waals surface area contributed by atoms with Gasteiger partial charge in [-0.2, -0.15) is 13.2 Å². The molecule has 0 saturated carbocycles. The van der Waals surface area contributed by atoms with Crippen molar-refractivity contribution in [1.29, 1.82) is 0 Å². The second kappa shape index (κ2) is 11.5. The second-order valence-corrected chi connectivity index (χ2v) is 11.3. The van der Waals surface area contributed by atoms with Crippen molar-refractivity contribution in [2.24, 2.45) is 5.92 Å². The van der Waals surface area contributed by atoms with E-state index in [4.69, 9.17) is 4.74 Å². The minimum Gasteiger partial charge on any atom is -0.378 e. The zero-order valence-electron chi connectivity index (χ0n) is 22.3. The van der Waals surface area contributed by atoms with Crippen LogP contribution in [0.15, 0.2) is 72.8 Å². The van der Waals surface area contributed by atoms with Crippen LogP contribution in [0.25, 0.3) is 0 Å². The molecule has 0 amide bonds. The number of hydrogen-bond acceptors (Lipinski definition) is 4. The number of ether oxygens (including phenoxy) is 1. The van der Waals surface area contributed by atoms with Crippen LogP contribution in [0.5, 0.6) is 0 Å². The first-order valence-electron chi connectivity index (χ1n) is 14.2. The molecule has 2 N–H and O–H groups in total. The van der Waals surface area contributed by atoms with Crippen LogP contribution < -0.4 is 10.6 Å². The van der Waals surface area contributed by atoms with Gasteiger partial charge in [0.25, 0.3) is 0 Å². The summed E-state index contributed by atoms with van der Waals surface area (Å²) < 4.78 is 60.6. The molecule has 6 rings (SSSR count). The van der Waals surface area contributed by atoms with Crippen LogP contribution in [0, 0.1) is 11.7 Å². The molecule has 0 unspecified atom stereocenters. The lowest BCUT2D eigenvalue weighted by atomic mass is 9.76. The first-order chi connectivity index (χ1) is 19.3. The van der Waals surface area contributed by atoms with E-state index in [0.717, 1.165) is 62.5 Å². The molecule has 0 spiro atoms. The largest absolute Gasteiger partial charge is 0.416 e. The Morgan fingerprint density at radius 3 is 2.52 bits per heavy atom. The number of benzene rings is 3. The molecule has 0 radical (unpaired) electrons. The maximum Gasteiger partial charge on any atom is 0.416 e. The van der Waals surface area contributed by atoms with Gasteiger partial charge in [-0.05, 0) is 73.7 Å². The number of halogens is 4. The number of rotatable bonds is 7. The van der Waals surface area contributed by atoms with Crippen LogP contribution in [-0.2, 0) is 17.3 Å². The van der Waals surface area contributed by atoms with Crippen molar-refractivity contribution in [2.45, 2.75) is 56.2 Å². The van der Waals surface area contributed by atoms with Gasteiger partial charge in [0.15, 0.2) is 0 Å². The number of nitrogens with one attached hydrogen (secondary N) is 2. The maximum atomic E-state index is 13.6. The summed E-state index contributed by atoms with van der Waals surface area (Å²) >= 11 is 0. The van der Waals surface area contributed by atoms with Crippen molar-refractivity contribution in [1.82, 2.24) is 10.2 Å².